The van der Waals surface area contributed by atoms with Gasteiger partial charge in [-0.25, -0.2) is 8.78 Å². The van der Waals surface area contributed by atoms with Crippen molar-refractivity contribution in [2.45, 2.75) is 44.6 Å². The highest BCUT2D eigenvalue weighted by molar-refractivity contribution is 6.17. The topological polar surface area (TPSA) is 29.5 Å². The van der Waals surface area contributed by atoms with E-state index in [4.69, 9.17) is 16.3 Å². The maximum Gasteiger partial charge on any atom is 0.261 e. The van der Waals surface area contributed by atoms with Gasteiger partial charge < -0.3 is 9.64 Å². The highest BCUT2D eigenvalue weighted by Crippen LogP contribution is 2.22. The van der Waals surface area contributed by atoms with E-state index in [1.165, 1.54) is 0 Å². The summed E-state index contributed by atoms with van der Waals surface area (Å²) in [6.07, 6.45) is 1.56. The third-order valence-corrected chi connectivity index (χ3v) is 3.34. The number of carbonyl (C=O) groups excluding carboxylic acids is 1. The van der Waals surface area contributed by atoms with Gasteiger partial charge in [0, 0.05) is 18.5 Å². The lowest BCUT2D eigenvalue weighted by Gasteiger charge is -2.24. The van der Waals surface area contributed by atoms with Crippen LogP contribution in [0.2, 0.25) is 0 Å². The zero-order valence-corrected chi connectivity index (χ0v) is 11.2. The van der Waals surface area contributed by atoms with Crippen LogP contribution in [-0.2, 0) is 9.53 Å². The SMILES string of the molecule is O=C(CCOCC(F)F)N1CCCC1CCCCl. The fourth-order valence-electron chi connectivity index (χ4n) is 2.25. The highest BCUT2D eigenvalue weighted by atomic mass is 35.5. The third-order valence-electron chi connectivity index (χ3n) is 3.07. The molecule has 1 aliphatic heterocycles. The van der Waals surface area contributed by atoms with Crippen LogP contribution >= 0.6 is 11.6 Å². The first-order valence-electron chi connectivity index (χ1n) is 6.36. The number of hydrogen-bond acceptors (Lipinski definition) is 2. The van der Waals surface area contributed by atoms with Crippen molar-refractivity contribution in [3.63, 3.8) is 0 Å². The van der Waals surface area contributed by atoms with Crippen LogP contribution in [0.15, 0.2) is 0 Å². The molecular weight excluding hydrogens is 264 g/mol. The molecule has 0 saturated carbocycles. The third kappa shape index (κ3) is 5.48. The Bertz CT molecular complexity index is 254. The van der Waals surface area contributed by atoms with E-state index in [2.05, 4.69) is 0 Å². The second kappa shape index (κ2) is 8.64. The van der Waals surface area contributed by atoms with Crippen LogP contribution in [0, 0.1) is 0 Å². The first kappa shape index (κ1) is 15.6. The van der Waals surface area contributed by atoms with Crippen molar-refractivity contribution in [2.75, 3.05) is 25.6 Å². The van der Waals surface area contributed by atoms with Gasteiger partial charge in [-0.05, 0) is 25.7 Å². The van der Waals surface area contributed by atoms with Gasteiger partial charge in [0.1, 0.15) is 6.61 Å². The van der Waals surface area contributed by atoms with E-state index >= 15 is 0 Å². The fourth-order valence-corrected chi connectivity index (χ4v) is 2.41. The number of carbonyl (C=O) groups is 1. The van der Waals surface area contributed by atoms with Crippen molar-refractivity contribution in [1.29, 1.82) is 0 Å². The van der Waals surface area contributed by atoms with E-state index in [0.29, 0.717) is 5.88 Å². The molecule has 1 amide bonds. The first-order chi connectivity index (χ1) is 8.65. The Labute approximate surface area is 111 Å². The van der Waals surface area contributed by atoms with Gasteiger partial charge >= 0.3 is 0 Å². The van der Waals surface area contributed by atoms with Crippen molar-refractivity contribution < 1.29 is 18.3 Å². The zero-order valence-electron chi connectivity index (χ0n) is 10.4. The van der Waals surface area contributed by atoms with E-state index in [9.17, 15) is 13.6 Å². The van der Waals surface area contributed by atoms with E-state index < -0.39 is 13.0 Å². The van der Waals surface area contributed by atoms with Gasteiger partial charge in [-0.15, -0.1) is 11.6 Å². The molecular formula is C12H20ClF2NO2. The summed E-state index contributed by atoms with van der Waals surface area (Å²) in [6, 6.07) is 0.270. The normalized spacial score (nSPS) is 19.8. The number of ether oxygens (including phenoxy) is 1. The van der Waals surface area contributed by atoms with Crippen LogP contribution in [0.4, 0.5) is 8.78 Å². The maximum absolute atomic E-state index is 11.9. The summed E-state index contributed by atoms with van der Waals surface area (Å²) < 4.78 is 28.4. The molecule has 1 fully saturated rings. The molecule has 1 atom stereocenters. The number of halogens is 3. The minimum Gasteiger partial charge on any atom is -0.375 e. The lowest BCUT2D eigenvalue weighted by atomic mass is 10.1. The largest absolute Gasteiger partial charge is 0.375 e. The monoisotopic (exact) mass is 283 g/mol. The Morgan fingerprint density at radius 3 is 2.94 bits per heavy atom. The second-order valence-electron chi connectivity index (χ2n) is 4.43. The number of alkyl halides is 3. The van der Waals surface area contributed by atoms with Crippen molar-refractivity contribution in [2.24, 2.45) is 0 Å². The van der Waals surface area contributed by atoms with Gasteiger partial charge in [0.05, 0.1) is 13.0 Å². The number of likely N-dealkylation sites (tertiary alicyclic amines) is 1. The minimum atomic E-state index is -2.47. The summed E-state index contributed by atoms with van der Waals surface area (Å²) in [5.41, 5.74) is 0. The molecule has 0 bridgehead atoms. The summed E-state index contributed by atoms with van der Waals surface area (Å²) in [5.74, 6) is 0.608. The zero-order chi connectivity index (χ0) is 13.4. The Morgan fingerprint density at radius 2 is 2.28 bits per heavy atom. The molecule has 0 aromatic heterocycles. The molecule has 106 valence electrons. The molecule has 0 radical (unpaired) electrons. The van der Waals surface area contributed by atoms with E-state index in [-0.39, 0.29) is 25.0 Å². The van der Waals surface area contributed by atoms with E-state index in [1.807, 2.05) is 4.90 Å². The molecule has 6 heteroatoms. The summed E-state index contributed by atoms with van der Waals surface area (Å²) >= 11 is 5.64. The Morgan fingerprint density at radius 1 is 1.50 bits per heavy atom. The van der Waals surface area contributed by atoms with Crippen LogP contribution in [0.3, 0.4) is 0 Å². The molecule has 1 saturated heterocycles. The van der Waals surface area contributed by atoms with Crippen molar-refractivity contribution in [3.05, 3.63) is 0 Å². The van der Waals surface area contributed by atoms with Gasteiger partial charge in [0.2, 0.25) is 5.91 Å². The number of rotatable bonds is 8. The maximum atomic E-state index is 11.9. The lowest BCUT2D eigenvalue weighted by Crippen LogP contribution is -2.36. The fraction of sp³-hybridized carbons (Fsp3) is 0.917. The summed E-state index contributed by atoms with van der Waals surface area (Å²) in [7, 11) is 0. The van der Waals surface area contributed by atoms with E-state index in [0.717, 1.165) is 32.2 Å². The van der Waals surface area contributed by atoms with Crippen LogP contribution in [0.1, 0.15) is 32.1 Å². The van der Waals surface area contributed by atoms with Gasteiger partial charge in [0.25, 0.3) is 6.43 Å². The van der Waals surface area contributed by atoms with E-state index in [1.54, 1.807) is 0 Å². The Kier molecular flexibility index (Phi) is 7.51. The number of amides is 1. The molecule has 0 N–H and O–H groups in total. The van der Waals surface area contributed by atoms with Gasteiger partial charge in [-0.1, -0.05) is 0 Å². The predicted octanol–water partition coefficient (Wildman–Crippen LogP) is 2.67. The molecule has 0 aromatic carbocycles. The number of nitrogens with zero attached hydrogens (tertiary/aromatic N) is 1. The van der Waals surface area contributed by atoms with Gasteiger partial charge in [0.15, 0.2) is 0 Å². The summed E-state index contributed by atoms with van der Waals surface area (Å²) in [4.78, 5) is 13.7. The average Bonchev–Trinajstić information content (AvgIpc) is 2.79. The smallest absolute Gasteiger partial charge is 0.261 e. The number of hydrogen-bond donors (Lipinski definition) is 0. The minimum absolute atomic E-state index is 0.00124. The van der Waals surface area contributed by atoms with Crippen LogP contribution in [0.25, 0.3) is 0 Å². The molecule has 1 heterocycles. The lowest BCUT2D eigenvalue weighted by molar-refractivity contribution is -0.133. The van der Waals surface area contributed by atoms with Crippen LogP contribution in [0.5, 0.6) is 0 Å². The molecule has 18 heavy (non-hydrogen) atoms. The first-order valence-corrected chi connectivity index (χ1v) is 6.90. The summed E-state index contributed by atoms with van der Waals surface area (Å²) in [6.45, 7) is 0.242. The molecule has 1 aliphatic rings. The summed E-state index contributed by atoms with van der Waals surface area (Å²) in [5, 5.41) is 0. The van der Waals surface area contributed by atoms with Gasteiger partial charge in [-0.2, -0.15) is 0 Å². The molecule has 0 aromatic rings. The standard InChI is InChI=1S/C12H20ClF2NO2/c13-6-1-3-10-4-2-7-16(10)12(17)5-8-18-9-11(14)15/h10-11H,1-9H2. The molecule has 1 rings (SSSR count). The van der Waals surface area contributed by atoms with Crippen molar-refractivity contribution in [3.8, 4) is 0 Å². The molecule has 1 unspecified atom stereocenters. The molecule has 0 aliphatic carbocycles. The molecule has 3 nitrogen and oxygen atoms in total. The Hall–Kier alpha value is -0.420. The van der Waals surface area contributed by atoms with Crippen LogP contribution < -0.4 is 0 Å². The quantitative estimate of drug-likeness (QED) is 0.506. The Balaban J connectivity index is 2.22. The second-order valence-corrected chi connectivity index (χ2v) is 4.81. The molecule has 0 spiro atoms. The van der Waals surface area contributed by atoms with Crippen molar-refractivity contribution >= 4 is 17.5 Å². The average molecular weight is 284 g/mol. The highest BCUT2D eigenvalue weighted by Gasteiger charge is 2.27. The predicted molar refractivity (Wildman–Crippen MR) is 66.1 cm³/mol. The van der Waals surface area contributed by atoms with Gasteiger partial charge in [-0.3, -0.25) is 4.79 Å². The van der Waals surface area contributed by atoms with Crippen LogP contribution in [-0.4, -0.2) is 48.9 Å². The van der Waals surface area contributed by atoms with Crippen molar-refractivity contribution in [1.82, 2.24) is 4.90 Å².